The van der Waals surface area contributed by atoms with Crippen LogP contribution in [0.25, 0.3) is 5.57 Å². The molecule has 2 aromatic rings. The quantitative estimate of drug-likeness (QED) is 0.742. The molecular formula is C20H22N4O. The van der Waals surface area contributed by atoms with E-state index in [1.807, 2.05) is 44.2 Å². The third kappa shape index (κ3) is 4.47. The number of carbonyl (C=O) groups excluding carboxylic acids is 1. The molecule has 0 unspecified atom stereocenters. The van der Waals surface area contributed by atoms with Crippen molar-refractivity contribution in [1.29, 1.82) is 0 Å². The number of anilines is 2. The predicted octanol–water partition coefficient (Wildman–Crippen LogP) is 4.96. The van der Waals surface area contributed by atoms with Gasteiger partial charge in [-0.05, 0) is 49.9 Å². The fourth-order valence-electron chi connectivity index (χ4n) is 2.85. The van der Waals surface area contributed by atoms with Gasteiger partial charge in [-0.1, -0.05) is 36.4 Å². The molecule has 0 fully saturated rings. The Labute approximate surface area is 147 Å². The van der Waals surface area contributed by atoms with E-state index in [0.29, 0.717) is 5.69 Å². The summed E-state index contributed by atoms with van der Waals surface area (Å²) in [6, 6.07) is 5.66. The summed E-state index contributed by atoms with van der Waals surface area (Å²) in [7, 11) is 0. The van der Waals surface area contributed by atoms with Gasteiger partial charge in [0.2, 0.25) is 0 Å². The van der Waals surface area contributed by atoms with Gasteiger partial charge in [0, 0.05) is 17.5 Å². The fourth-order valence-corrected chi connectivity index (χ4v) is 2.85. The van der Waals surface area contributed by atoms with Crippen LogP contribution in [0.4, 0.5) is 16.2 Å². The van der Waals surface area contributed by atoms with Crippen LogP contribution in [-0.4, -0.2) is 16.2 Å². The maximum Gasteiger partial charge on any atom is 0.323 e. The van der Waals surface area contributed by atoms with Gasteiger partial charge in [-0.3, -0.25) is 5.10 Å². The summed E-state index contributed by atoms with van der Waals surface area (Å²) in [4.78, 5) is 12.3. The summed E-state index contributed by atoms with van der Waals surface area (Å²) in [6.07, 6.45) is 13.9. The van der Waals surface area contributed by atoms with E-state index in [9.17, 15) is 4.79 Å². The lowest BCUT2D eigenvalue weighted by molar-refractivity contribution is 0.262. The molecule has 0 bridgehead atoms. The number of carbonyl (C=O) groups is 1. The van der Waals surface area contributed by atoms with Crippen LogP contribution in [0.15, 0.2) is 54.8 Å². The Morgan fingerprint density at radius 3 is 2.68 bits per heavy atom. The zero-order valence-corrected chi connectivity index (χ0v) is 14.5. The Morgan fingerprint density at radius 1 is 1.08 bits per heavy atom. The molecule has 5 nitrogen and oxygen atoms in total. The third-order valence-electron chi connectivity index (χ3n) is 3.86. The average molecular weight is 334 g/mol. The standard InChI is InChI=1S/C20H22N4O/c1-14-10-15(2)12-17(11-14)22-20(25)23-18-13-21-24-19(18)16-8-6-4-3-5-7-9-16/h3-4,6,8-13H,5,7H2,1-2H3,(H,21,24)(H2,22,23,25)/b4-3+,8-6-,16-9+. The molecule has 1 aliphatic rings. The van der Waals surface area contributed by atoms with Crippen molar-refractivity contribution in [2.75, 3.05) is 10.6 Å². The molecule has 1 aromatic carbocycles. The molecular weight excluding hydrogens is 312 g/mol. The van der Waals surface area contributed by atoms with Gasteiger partial charge in [-0.2, -0.15) is 5.10 Å². The Kier molecular flexibility index (Phi) is 5.14. The number of aryl methyl sites for hydroxylation is 2. The van der Waals surface area contributed by atoms with Gasteiger partial charge >= 0.3 is 6.03 Å². The highest BCUT2D eigenvalue weighted by Crippen LogP contribution is 2.24. The van der Waals surface area contributed by atoms with E-state index in [-0.39, 0.29) is 6.03 Å². The second-order valence-corrected chi connectivity index (χ2v) is 6.13. The maximum atomic E-state index is 12.3. The number of aromatic amines is 1. The molecule has 3 N–H and O–H groups in total. The predicted molar refractivity (Wildman–Crippen MR) is 103 cm³/mol. The average Bonchev–Trinajstić information content (AvgIpc) is 2.93. The summed E-state index contributed by atoms with van der Waals surface area (Å²) in [5.41, 5.74) is 5.38. The van der Waals surface area contributed by atoms with Crippen molar-refractivity contribution in [2.45, 2.75) is 26.7 Å². The zero-order valence-electron chi connectivity index (χ0n) is 14.5. The molecule has 1 heterocycles. The highest BCUT2D eigenvalue weighted by Gasteiger charge is 2.12. The van der Waals surface area contributed by atoms with E-state index in [0.717, 1.165) is 40.9 Å². The minimum atomic E-state index is -0.289. The van der Waals surface area contributed by atoms with Gasteiger partial charge in [-0.25, -0.2) is 4.79 Å². The SMILES string of the molecule is Cc1cc(C)cc(NC(=O)Nc2c[nH]nc2C2=C/CC/C=C/C=C\2)c1. The lowest BCUT2D eigenvalue weighted by Crippen LogP contribution is -2.20. The molecule has 3 rings (SSSR count). The zero-order chi connectivity index (χ0) is 17.6. The van der Waals surface area contributed by atoms with Crippen LogP contribution in [-0.2, 0) is 0 Å². The number of aromatic nitrogens is 2. The number of hydrogen-bond acceptors (Lipinski definition) is 2. The summed E-state index contributed by atoms with van der Waals surface area (Å²) < 4.78 is 0. The van der Waals surface area contributed by atoms with Gasteiger partial charge in [0.05, 0.1) is 5.69 Å². The molecule has 5 heteroatoms. The molecule has 1 aliphatic carbocycles. The first-order chi connectivity index (χ1) is 12.1. The highest BCUT2D eigenvalue weighted by atomic mass is 16.2. The minimum Gasteiger partial charge on any atom is -0.308 e. The monoisotopic (exact) mass is 334 g/mol. The van der Waals surface area contributed by atoms with Crippen LogP contribution in [0, 0.1) is 13.8 Å². The number of rotatable bonds is 3. The normalized spacial score (nSPS) is 18.4. The number of nitrogens with one attached hydrogen (secondary N) is 3. The van der Waals surface area contributed by atoms with Gasteiger partial charge in [0.25, 0.3) is 0 Å². The van der Waals surface area contributed by atoms with Crippen LogP contribution in [0.5, 0.6) is 0 Å². The minimum absolute atomic E-state index is 0.289. The number of benzene rings is 1. The van der Waals surface area contributed by atoms with E-state index in [1.165, 1.54) is 0 Å². The fraction of sp³-hybridized carbons (Fsp3) is 0.200. The molecule has 0 atom stereocenters. The molecule has 25 heavy (non-hydrogen) atoms. The number of hydrogen-bond donors (Lipinski definition) is 3. The molecule has 0 saturated carbocycles. The van der Waals surface area contributed by atoms with E-state index >= 15 is 0 Å². The number of urea groups is 1. The molecule has 0 saturated heterocycles. The second-order valence-electron chi connectivity index (χ2n) is 6.13. The number of amides is 2. The Hall–Kier alpha value is -3.08. The van der Waals surface area contributed by atoms with Crippen LogP contribution in [0.1, 0.15) is 29.7 Å². The summed E-state index contributed by atoms with van der Waals surface area (Å²) in [5, 5.41) is 12.9. The number of nitrogens with zero attached hydrogens (tertiary/aromatic N) is 1. The van der Waals surface area contributed by atoms with Crippen molar-refractivity contribution >= 4 is 23.0 Å². The first-order valence-corrected chi connectivity index (χ1v) is 8.35. The topological polar surface area (TPSA) is 69.8 Å². The molecule has 0 aliphatic heterocycles. The first kappa shape index (κ1) is 16.8. The van der Waals surface area contributed by atoms with E-state index < -0.39 is 0 Å². The van der Waals surface area contributed by atoms with E-state index in [2.05, 4.69) is 39.0 Å². The van der Waals surface area contributed by atoms with Crippen LogP contribution in [0.2, 0.25) is 0 Å². The smallest absolute Gasteiger partial charge is 0.308 e. The second kappa shape index (κ2) is 7.66. The lowest BCUT2D eigenvalue weighted by Gasteiger charge is -2.10. The Bertz CT molecular complexity index is 838. The van der Waals surface area contributed by atoms with Crippen molar-refractivity contribution in [3.8, 4) is 0 Å². The number of H-pyrrole nitrogens is 1. The van der Waals surface area contributed by atoms with Crippen molar-refractivity contribution in [3.05, 3.63) is 71.6 Å². The molecule has 1 aromatic heterocycles. The Morgan fingerprint density at radius 2 is 1.88 bits per heavy atom. The van der Waals surface area contributed by atoms with Crippen molar-refractivity contribution in [1.82, 2.24) is 10.2 Å². The first-order valence-electron chi connectivity index (χ1n) is 8.35. The van der Waals surface area contributed by atoms with Crippen LogP contribution >= 0.6 is 0 Å². The summed E-state index contributed by atoms with van der Waals surface area (Å²) in [6.45, 7) is 4.01. The van der Waals surface area contributed by atoms with Crippen molar-refractivity contribution < 1.29 is 4.79 Å². The van der Waals surface area contributed by atoms with Gasteiger partial charge < -0.3 is 10.6 Å². The lowest BCUT2D eigenvalue weighted by atomic mass is 10.1. The molecule has 2 amide bonds. The van der Waals surface area contributed by atoms with Gasteiger partial charge in [0.15, 0.2) is 0 Å². The van der Waals surface area contributed by atoms with Crippen LogP contribution in [0.3, 0.4) is 0 Å². The third-order valence-corrected chi connectivity index (χ3v) is 3.86. The molecule has 0 radical (unpaired) electrons. The molecule has 0 spiro atoms. The maximum absolute atomic E-state index is 12.3. The Balaban J connectivity index is 1.74. The summed E-state index contributed by atoms with van der Waals surface area (Å²) in [5.74, 6) is 0. The van der Waals surface area contributed by atoms with Gasteiger partial charge in [0.1, 0.15) is 5.69 Å². The highest BCUT2D eigenvalue weighted by molar-refractivity contribution is 6.01. The largest absolute Gasteiger partial charge is 0.323 e. The van der Waals surface area contributed by atoms with Crippen molar-refractivity contribution in [3.63, 3.8) is 0 Å². The van der Waals surface area contributed by atoms with Crippen molar-refractivity contribution in [2.24, 2.45) is 0 Å². The molecule has 128 valence electrons. The van der Waals surface area contributed by atoms with Crippen LogP contribution < -0.4 is 10.6 Å². The summed E-state index contributed by atoms with van der Waals surface area (Å²) >= 11 is 0. The van der Waals surface area contributed by atoms with Gasteiger partial charge in [-0.15, -0.1) is 0 Å². The number of allylic oxidation sites excluding steroid dienone is 6. The van der Waals surface area contributed by atoms with E-state index in [1.54, 1.807) is 6.20 Å². The van der Waals surface area contributed by atoms with E-state index in [4.69, 9.17) is 0 Å².